The summed E-state index contributed by atoms with van der Waals surface area (Å²) in [6, 6.07) is 12.2. The van der Waals surface area contributed by atoms with Gasteiger partial charge in [-0.15, -0.1) is 0 Å². The summed E-state index contributed by atoms with van der Waals surface area (Å²) in [6.07, 6.45) is 1.32. The molecule has 1 aromatic rings. The summed E-state index contributed by atoms with van der Waals surface area (Å²) in [6.45, 7) is 4.37. The van der Waals surface area contributed by atoms with Crippen LogP contribution in [-0.4, -0.2) is 17.8 Å². The van der Waals surface area contributed by atoms with Crippen LogP contribution in [0.5, 0.6) is 0 Å². The molecule has 18 heavy (non-hydrogen) atoms. The average Bonchev–Trinajstić information content (AvgIpc) is 2.37. The van der Waals surface area contributed by atoms with E-state index in [9.17, 15) is 5.11 Å². The number of nitrogens with one attached hydrogen (secondary N) is 1. The molecule has 0 saturated heterocycles. The smallest absolute Gasteiger partial charge is 0.0641 e. The molecular formula is C15H22N2O. The van der Waals surface area contributed by atoms with E-state index in [0.717, 1.165) is 12.0 Å². The second-order valence-corrected chi connectivity index (χ2v) is 5.00. The van der Waals surface area contributed by atoms with Crippen LogP contribution in [0.15, 0.2) is 30.3 Å². The summed E-state index contributed by atoms with van der Waals surface area (Å²) < 4.78 is 0. The monoisotopic (exact) mass is 246 g/mol. The van der Waals surface area contributed by atoms with Crippen molar-refractivity contribution in [1.29, 1.82) is 5.26 Å². The highest BCUT2D eigenvalue weighted by Gasteiger charge is 2.17. The molecule has 0 saturated carbocycles. The van der Waals surface area contributed by atoms with Crippen molar-refractivity contribution in [3.05, 3.63) is 35.9 Å². The van der Waals surface area contributed by atoms with Gasteiger partial charge in [0, 0.05) is 12.1 Å². The highest BCUT2D eigenvalue weighted by Crippen LogP contribution is 2.18. The van der Waals surface area contributed by atoms with Gasteiger partial charge < -0.3 is 10.4 Å². The van der Waals surface area contributed by atoms with E-state index < -0.39 is 0 Å². The number of nitrogens with zero attached hydrogens (tertiary/aromatic N) is 1. The molecule has 0 bridgehead atoms. The molecule has 2 unspecified atom stereocenters. The first-order valence-electron chi connectivity index (χ1n) is 6.46. The van der Waals surface area contributed by atoms with Gasteiger partial charge in [0.15, 0.2) is 0 Å². The zero-order chi connectivity index (χ0) is 13.4. The zero-order valence-electron chi connectivity index (χ0n) is 11.1. The van der Waals surface area contributed by atoms with Crippen molar-refractivity contribution in [2.75, 3.05) is 6.61 Å². The maximum atomic E-state index is 9.39. The highest BCUT2D eigenvalue weighted by atomic mass is 16.3. The Hall–Kier alpha value is -1.37. The van der Waals surface area contributed by atoms with Crippen molar-refractivity contribution in [2.24, 2.45) is 5.92 Å². The Labute approximate surface area is 109 Å². The number of nitriles is 1. The van der Waals surface area contributed by atoms with Crippen LogP contribution in [0.3, 0.4) is 0 Å². The molecule has 0 fully saturated rings. The predicted molar refractivity (Wildman–Crippen MR) is 72.9 cm³/mol. The minimum Gasteiger partial charge on any atom is -0.395 e. The largest absolute Gasteiger partial charge is 0.395 e. The fourth-order valence-electron chi connectivity index (χ4n) is 2.10. The molecule has 3 heteroatoms. The third kappa shape index (κ3) is 4.87. The number of hydrogen-bond acceptors (Lipinski definition) is 3. The van der Waals surface area contributed by atoms with Crippen LogP contribution in [-0.2, 0) is 0 Å². The molecule has 1 rings (SSSR count). The average molecular weight is 246 g/mol. The van der Waals surface area contributed by atoms with Crippen molar-refractivity contribution < 1.29 is 5.11 Å². The number of aliphatic hydroxyl groups excluding tert-OH is 1. The Morgan fingerprint density at radius 2 is 1.94 bits per heavy atom. The van der Waals surface area contributed by atoms with E-state index in [1.807, 2.05) is 30.3 Å². The lowest BCUT2D eigenvalue weighted by atomic mass is 9.99. The second-order valence-electron chi connectivity index (χ2n) is 5.00. The van der Waals surface area contributed by atoms with Gasteiger partial charge in [-0.25, -0.2) is 0 Å². The molecule has 0 heterocycles. The Morgan fingerprint density at radius 3 is 2.44 bits per heavy atom. The lowest BCUT2D eigenvalue weighted by Gasteiger charge is -2.24. The van der Waals surface area contributed by atoms with Gasteiger partial charge in [0.25, 0.3) is 0 Å². The van der Waals surface area contributed by atoms with E-state index in [4.69, 9.17) is 5.26 Å². The molecule has 0 aromatic heterocycles. The summed E-state index contributed by atoms with van der Waals surface area (Å²) in [7, 11) is 0. The Kier molecular flexibility index (Phi) is 6.42. The van der Waals surface area contributed by atoms with Gasteiger partial charge in [-0.3, -0.25) is 0 Å². The summed E-state index contributed by atoms with van der Waals surface area (Å²) >= 11 is 0. The predicted octanol–water partition coefficient (Wildman–Crippen LogP) is 2.64. The molecule has 2 N–H and O–H groups in total. The molecule has 0 spiro atoms. The zero-order valence-corrected chi connectivity index (χ0v) is 11.1. The van der Waals surface area contributed by atoms with Crippen molar-refractivity contribution in [3.8, 4) is 6.07 Å². The lowest BCUT2D eigenvalue weighted by Crippen LogP contribution is -2.36. The number of hydrogen-bond donors (Lipinski definition) is 2. The van der Waals surface area contributed by atoms with Crippen LogP contribution in [0.1, 0.15) is 38.3 Å². The first kappa shape index (κ1) is 14.7. The van der Waals surface area contributed by atoms with Gasteiger partial charge in [-0.2, -0.15) is 5.26 Å². The van der Waals surface area contributed by atoms with Crippen LogP contribution >= 0.6 is 0 Å². The summed E-state index contributed by atoms with van der Waals surface area (Å²) in [5, 5.41) is 21.7. The fourth-order valence-corrected chi connectivity index (χ4v) is 2.10. The van der Waals surface area contributed by atoms with E-state index in [-0.39, 0.29) is 18.7 Å². The third-order valence-corrected chi connectivity index (χ3v) is 2.91. The maximum absolute atomic E-state index is 9.39. The number of rotatable bonds is 7. The van der Waals surface area contributed by atoms with Crippen LogP contribution < -0.4 is 5.32 Å². The quantitative estimate of drug-likeness (QED) is 0.777. The minimum absolute atomic E-state index is 0.00731. The van der Waals surface area contributed by atoms with Crippen LogP contribution in [0.4, 0.5) is 0 Å². The van der Waals surface area contributed by atoms with Crippen LogP contribution in [0.25, 0.3) is 0 Å². The standard InChI is InChI=1S/C15H22N2O/c1-12(2)10-14(11-18)17-15(8-9-16)13-6-4-3-5-7-13/h3-7,12,14-15,17-18H,8,10-11H2,1-2H3. The Balaban J connectivity index is 2.71. The maximum Gasteiger partial charge on any atom is 0.0641 e. The molecule has 98 valence electrons. The van der Waals surface area contributed by atoms with Crippen molar-refractivity contribution in [3.63, 3.8) is 0 Å². The van der Waals surface area contributed by atoms with E-state index >= 15 is 0 Å². The molecule has 0 amide bonds. The number of aliphatic hydroxyl groups is 1. The van der Waals surface area contributed by atoms with E-state index in [1.54, 1.807) is 0 Å². The molecule has 0 aliphatic carbocycles. The number of benzene rings is 1. The molecule has 3 nitrogen and oxygen atoms in total. The van der Waals surface area contributed by atoms with Crippen molar-refractivity contribution >= 4 is 0 Å². The van der Waals surface area contributed by atoms with Gasteiger partial charge in [-0.1, -0.05) is 44.2 Å². The van der Waals surface area contributed by atoms with E-state index in [1.165, 1.54) is 0 Å². The van der Waals surface area contributed by atoms with Gasteiger partial charge in [0.2, 0.25) is 0 Å². The van der Waals surface area contributed by atoms with Crippen molar-refractivity contribution in [2.45, 2.75) is 38.8 Å². The molecular weight excluding hydrogens is 224 g/mol. The van der Waals surface area contributed by atoms with Crippen LogP contribution in [0.2, 0.25) is 0 Å². The SMILES string of the molecule is CC(C)CC(CO)NC(CC#N)c1ccccc1. The van der Waals surface area contributed by atoms with Gasteiger partial charge in [0.1, 0.15) is 0 Å². The molecule has 1 aromatic carbocycles. The molecule has 0 radical (unpaired) electrons. The Morgan fingerprint density at radius 1 is 1.28 bits per heavy atom. The van der Waals surface area contributed by atoms with E-state index in [2.05, 4.69) is 25.2 Å². The normalized spacial score (nSPS) is 14.2. The van der Waals surface area contributed by atoms with E-state index in [0.29, 0.717) is 12.3 Å². The van der Waals surface area contributed by atoms with Gasteiger partial charge in [0.05, 0.1) is 19.1 Å². The Bertz CT molecular complexity index is 370. The summed E-state index contributed by atoms with van der Waals surface area (Å²) in [5.41, 5.74) is 1.10. The topological polar surface area (TPSA) is 56.0 Å². The molecule has 0 aliphatic rings. The second kappa shape index (κ2) is 7.86. The molecule has 0 aliphatic heterocycles. The lowest BCUT2D eigenvalue weighted by molar-refractivity contribution is 0.213. The van der Waals surface area contributed by atoms with Gasteiger partial charge in [-0.05, 0) is 17.9 Å². The summed E-state index contributed by atoms with van der Waals surface area (Å²) in [5.74, 6) is 0.521. The first-order valence-corrected chi connectivity index (χ1v) is 6.46. The first-order chi connectivity index (χ1) is 8.67. The third-order valence-electron chi connectivity index (χ3n) is 2.91. The minimum atomic E-state index is -0.00731. The fraction of sp³-hybridized carbons (Fsp3) is 0.533. The highest BCUT2D eigenvalue weighted by molar-refractivity contribution is 5.20. The van der Waals surface area contributed by atoms with Gasteiger partial charge >= 0.3 is 0 Å². The van der Waals surface area contributed by atoms with Crippen molar-refractivity contribution in [1.82, 2.24) is 5.32 Å². The summed E-state index contributed by atoms with van der Waals surface area (Å²) in [4.78, 5) is 0. The molecule has 2 atom stereocenters. The van der Waals surface area contributed by atoms with Crippen LogP contribution in [0, 0.1) is 17.2 Å².